The van der Waals surface area contributed by atoms with Gasteiger partial charge in [0.05, 0.1) is 6.42 Å². The lowest BCUT2D eigenvalue weighted by Crippen LogP contribution is -2.39. The van der Waals surface area contributed by atoms with Crippen molar-refractivity contribution in [3.05, 3.63) is 0 Å². The third-order valence-electron chi connectivity index (χ3n) is 2.52. The molecule has 1 heterocycles. The predicted octanol–water partition coefficient (Wildman–Crippen LogP) is 0.535. The van der Waals surface area contributed by atoms with Crippen LogP contribution in [0.25, 0.3) is 0 Å². The topological polar surface area (TPSA) is 52.6 Å². The molecule has 82 valence electrons. The molecule has 1 rings (SSSR count). The fraction of sp³-hybridized carbons (Fsp3) is 0.900. The van der Waals surface area contributed by atoms with Crippen LogP contribution in [0, 0.1) is 0 Å². The van der Waals surface area contributed by atoms with Gasteiger partial charge in [-0.15, -0.1) is 0 Å². The molecular weight excluding hydrogens is 180 g/mol. The molecule has 0 aromatic rings. The van der Waals surface area contributed by atoms with Crippen molar-refractivity contribution < 1.29 is 9.90 Å². The lowest BCUT2D eigenvalue weighted by atomic mass is 10.2. The highest BCUT2D eigenvalue weighted by Crippen LogP contribution is 2.04. The average molecular weight is 200 g/mol. The Hall–Kier alpha value is -0.610. The van der Waals surface area contributed by atoms with Crippen LogP contribution in [0.4, 0.5) is 0 Å². The molecule has 0 amide bonds. The van der Waals surface area contributed by atoms with Crippen LogP contribution in [0.2, 0.25) is 0 Å². The van der Waals surface area contributed by atoms with E-state index in [-0.39, 0.29) is 12.5 Å². The summed E-state index contributed by atoms with van der Waals surface area (Å²) in [5, 5.41) is 12.0. The summed E-state index contributed by atoms with van der Waals surface area (Å²) in [6.45, 7) is 6.15. The second kappa shape index (κ2) is 5.98. The van der Waals surface area contributed by atoms with E-state index in [0.717, 1.165) is 39.0 Å². The smallest absolute Gasteiger partial charge is 0.304 e. The minimum atomic E-state index is -0.708. The Kier molecular flexibility index (Phi) is 4.90. The van der Waals surface area contributed by atoms with Gasteiger partial charge >= 0.3 is 5.97 Å². The average Bonchev–Trinajstić information content (AvgIpc) is 2.30. The van der Waals surface area contributed by atoms with E-state index in [1.54, 1.807) is 0 Å². The van der Waals surface area contributed by atoms with E-state index in [1.165, 1.54) is 0 Å². The Morgan fingerprint density at radius 1 is 1.64 bits per heavy atom. The van der Waals surface area contributed by atoms with Crippen LogP contribution in [-0.2, 0) is 4.79 Å². The Morgan fingerprint density at radius 3 is 3.07 bits per heavy atom. The summed E-state index contributed by atoms with van der Waals surface area (Å²) in [5.74, 6) is -0.708. The number of nitrogens with one attached hydrogen (secondary N) is 1. The number of aliphatic carboxylic acids is 1. The number of carboxylic acid groups (broad SMARTS) is 1. The molecule has 1 atom stereocenters. The molecule has 1 fully saturated rings. The van der Waals surface area contributed by atoms with Crippen molar-refractivity contribution in [2.24, 2.45) is 0 Å². The van der Waals surface area contributed by atoms with Gasteiger partial charge in [0.2, 0.25) is 0 Å². The van der Waals surface area contributed by atoms with Gasteiger partial charge in [0.15, 0.2) is 0 Å². The van der Waals surface area contributed by atoms with Crippen molar-refractivity contribution in [2.75, 3.05) is 26.2 Å². The van der Waals surface area contributed by atoms with E-state index < -0.39 is 5.97 Å². The van der Waals surface area contributed by atoms with Crippen molar-refractivity contribution in [3.63, 3.8) is 0 Å². The molecule has 2 N–H and O–H groups in total. The fourth-order valence-electron chi connectivity index (χ4n) is 1.94. The zero-order valence-corrected chi connectivity index (χ0v) is 8.83. The van der Waals surface area contributed by atoms with Crippen LogP contribution < -0.4 is 5.32 Å². The van der Waals surface area contributed by atoms with Crippen LogP contribution in [0.3, 0.4) is 0 Å². The zero-order chi connectivity index (χ0) is 10.4. The Labute approximate surface area is 85.3 Å². The molecular formula is C10H20N2O2. The van der Waals surface area contributed by atoms with Gasteiger partial charge in [-0.3, -0.25) is 4.79 Å². The van der Waals surface area contributed by atoms with Gasteiger partial charge in [0.25, 0.3) is 0 Å². The maximum atomic E-state index is 10.6. The quantitative estimate of drug-likeness (QED) is 0.695. The van der Waals surface area contributed by atoms with Gasteiger partial charge in [-0.25, -0.2) is 0 Å². The van der Waals surface area contributed by atoms with Crippen LogP contribution >= 0.6 is 0 Å². The summed E-state index contributed by atoms with van der Waals surface area (Å²) in [6, 6.07) is 0.126. The number of nitrogens with zero attached hydrogens (tertiary/aromatic N) is 1. The Bertz CT molecular complexity index is 185. The molecule has 0 radical (unpaired) electrons. The highest BCUT2D eigenvalue weighted by Gasteiger charge is 2.18. The lowest BCUT2D eigenvalue weighted by molar-refractivity contribution is -0.137. The van der Waals surface area contributed by atoms with Crippen molar-refractivity contribution in [1.82, 2.24) is 10.2 Å². The minimum absolute atomic E-state index is 0.126. The zero-order valence-electron chi connectivity index (χ0n) is 8.83. The molecule has 14 heavy (non-hydrogen) atoms. The molecule has 0 bridgehead atoms. The monoisotopic (exact) mass is 200 g/mol. The maximum Gasteiger partial charge on any atom is 0.304 e. The summed E-state index contributed by atoms with van der Waals surface area (Å²) in [7, 11) is 0. The Balaban J connectivity index is 2.38. The molecule has 1 unspecified atom stereocenters. The van der Waals surface area contributed by atoms with E-state index in [2.05, 4.69) is 17.1 Å². The Morgan fingerprint density at radius 2 is 2.43 bits per heavy atom. The predicted molar refractivity (Wildman–Crippen MR) is 55.4 cm³/mol. The van der Waals surface area contributed by atoms with Gasteiger partial charge in [0, 0.05) is 12.6 Å². The summed E-state index contributed by atoms with van der Waals surface area (Å²) in [6.07, 6.45) is 2.50. The highest BCUT2D eigenvalue weighted by molar-refractivity contribution is 5.67. The lowest BCUT2D eigenvalue weighted by Gasteiger charge is -2.22. The first-order valence-electron chi connectivity index (χ1n) is 5.40. The normalized spacial score (nSPS) is 24.5. The van der Waals surface area contributed by atoms with E-state index in [4.69, 9.17) is 5.11 Å². The summed E-state index contributed by atoms with van der Waals surface area (Å²) < 4.78 is 0. The van der Waals surface area contributed by atoms with E-state index in [9.17, 15) is 4.79 Å². The molecule has 0 aromatic carbocycles. The number of rotatable bonds is 4. The number of hydrogen-bond donors (Lipinski definition) is 2. The first kappa shape index (κ1) is 11.5. The molecule has 0 spiro atoms. The highest BCUT2D eigenvalue weighted by atomic mass is 16.4. The number of carboxylic acids is 1. The van der Waals surface area contributed by atoms with Crippen molar-refractivity contribution in [1.29, 1.82) is 0 Å². The first-order chi connectivity index (χ1) is 6.72. The molecule has 4 heteroatoms. The van der Waals surface area contributed by atoms with Crippen LogP contribution in [0.15, 0.2) is 0 Å². The van der Waals surface area contributed by atoms with Gasteiger partial charge in [-0.05, 0) is 32.5 Å². The van der Waals surface area contributed by atoms with Gasteiger partial charge in [-0.1, -0.05) is 6.92 Å². The van der Waals surface area contributed by atoms with E-state index in [0.29, 0.717) is 0 Å². The molecule has 0 saturated carbocycles. The largest absolute Gasteiger partial charge is 0.481 e. The number of carbonyl (C=O) groups is 1. The third-order valence-corrected chi connectivity index (χ3v) is 2.52. The standard InChI is InChI=1S/C10H20N2O2/c1-2-5-12-6-3-4-11-9(8-12)7-10(13)14/h9,11H,2-8H2,1H3,(H,13,14). The minimum Gasteiger partial charge on any atom is -0.481 e. The van der Waals surface area contributed by atoms with Crippen LogP contribution in [0.1, 0.15) is 26.2 Å². The van der Waals surface area contributed by atoms with Gasteiger partial charge in [0.1, 0.15) is 0 Å². The molecule has 0 aliphatic carbocycles. The van der Waals surface area contributed by atoms with E-state index >= 15 is 0 Å². The fourth-order valence-corrected chi connectivity index (χ4v) is 1.94. The summed E-state index contributed by atoms with van der Waals surface area (Å²) in [4.78, 5) is 12.9. The summed E-state index contributed by atoms with van der Waals surface area (Å²) >= 11 is 0. The summed E-state index contributed by atoms with van der Waals surface area (Å²) in [5.41, 5.74) is 0. The SMILES string of the molecule is CCCN1CCCNC(CC(=O)O)C1. The van der Waals surface area contributed by atoms with E-state index in [1.807, 2.05) is 0 Å². The van der Waals surface area contributed by atoms with Crippen LogP contribution in [0.5, 0.6) is 0 Å². The number of hydrogen-bond acceptors (Lipinski definition) is 3. The third kappa shape index (κ3) is 4.07. The second-order valence-electron chi connectivity index (χ2n) is 3.90. The first-order valence-corrected chi connectivity index (χ1v) is 5.40. The molecule has 4 nitrogen and oxygen atoms in total. The van der Waals surface area contributed by atoms with Crippen molar-refractivity contribution in [2.45, 2.75) is 32.2 Å². The second-order valence-corrected chi connectivity index (χ2v) is 3.90. The van der Waals surface area contributed by atoms with Crippen molar-refractivity contribution in [3.8, 4) is 0 Å². The molecule has 0 aromatic heterocycles. The van der Waals surface area contributed by atoms with Gasteiger partial charge in [-0.2, -0.15) is 0 Å². The van der Waals surface area contributed by atoms with Crippen molar-refractivity contribution >= 4 is 5.97 Å². The molecule has 1 saturated heterocycles. The molecule has 1 aliphatic rings. The maximum absolute atomic E-state index is 10.6. The molecule has 1 aliphatic heterocycles. The van der Waals surface area contributed by atoms with Crippen LogP contribution in [-0.4, -0.2) is 48.2 Å². The van der Waals surface area contributed by atoms with Gasteiger partial charge < -0.3 is 15.3 Å².